The Kier molecular flexibility index (Phi) is 3.90. The number of rotatable bonds is 3. The summed E-state index contributed by atoms with van der Waals surface area (Å²) >= 11 is 0. The maximum Gasteiger partial charge on any atom is 0.238 e. The Morgan fingerprint density at radius 1 is 1.44 bits per heavy atom. The van der Waals surface area contributed by atoms with Crippen LogP contribution in [0.15, 0.2) is 12.1 Å². The highest BCUT2D eigenvalue weighted by Crippen LogP contribution is 2.27. The third-order valence-electron chi connectivity index (χ3n) is 2.47. The fraction of sp³-hybridized carbons (Fsp3) is 0.333. The standard InChI is InChI=1S/C12H14N2O2/c1-8-9(2)11(16-3)5-4-10(8)14-12(15)6-7-13/h4-5H,6H2,1-3H3,(H,14,15). The van der Waals surface area contributed by atoms with Crippen molar-refractivity contribution in [2.24, 2.45) is 0 Å². The normalized spacial score (nSPS) is 9.38. The van der Waals surface area contributed by atoms with Crippen LogP contribution in [0, 0.1) is 25.2 Å². The minimum atomic E-state index is -0.296. The summed E-state index contributed by atoms with van der Waals surface area (Å²) in [4.78, 5) is 11.3. The molecule has 4 nitrogen and oxygen atoms in total. The van der Waals surface area contributed by atoms with Gasteiger partial charge in [-0.25, -0.2) is 0 Å². The number of methoxy groups -OCH3 is 1. The van der Waals surface area contributed by atoms with Gasteiger partial charge < -0.3 is 10.1 Å². The van der Waals surface area contributed by atoms with E-state index < -0.39 is 0 Å². The molecule has 0 heterocycles. The molecule has 16 heavy (non-hydrogen) atoms. The van der Waals surface area contributed by atoms with Gasteiger partial charge in [-0.15, -0.1) is 0 Å². The summed E-state index contributed by atoms with van der Waals surface area (Å²) in [6.45, 7) is 3.83. The molecule has 0 aliphatic carbocycles. The zero-order valence-electron chi connectivity index (χ0n) is 9.63. The molecule has 0 saturated carbocycles. The predicted molar refractivity (Wildman–Crippen MR) is 61.3 cm³/mol. The molecule has 1 N–H and O–H groups in total. The smallest absolute Gasteiger partial charge is 0.238 e. The monoisotopic (exact) mass is 218 g/mol. The van der Waals surface area contributed by atoms with Crippen LogP contribution in [0.5, 0.6) is 5.75 Å². The summed E-state index contributed by atoms with van der Waals surface area (Å²) in [5.74, 6) is 0.492. The Morgan fingerprint density at radius 2 is 2.12 bits per heavy atom. The fourth-order valence-corrected chi connectivity index (χ4v) is 1.42. The number of amides is 1. The van der Waals surface area contributed by atoms with E-state index in [0.29, 0.717) is 0 Å². The van der Waals surface area contributed by atoms with Gasteiger partial charge in [0.1, 0.15) is 12.2 Å². The van der Waals surface area contributed by atoms with E-state index in [-0.39, 0.29) is 12.3 Å². The lowest BCUT2D eigenvalue weighted by Crippen LogP contribution is -2.11. The van der Waals surface area contributed by atoms with Crippen LogP contribution in [0.2, 0.25) is 0 Å². The van der Waals surface area contributed by atoms with Gasteiger partial charge in [0.15, 0.2) is 0 Å². The first kappa shape index (κ1) is 12.1. The third kappa shape index (κ3) is 2.51. The first-order valence-corrected chi connectivity index (χ1v) is 4.91. The number of hydrogen-bond donors (Lipinski definition) is 1. The number of hydrogen-bond acceptors (Lipinski definition) is 3. The summed E-state index contributed by atoms with van der Waals surface area (Å²) in [5.41, 5.74) is 2.65. The Hall–Kier alpha value is -2.02. The minimum Gasteiger partial charge on any atom is -0.496 e. The van der Waals surface area contributed by atoms with Gasteiger partial charge in [0.25, 0.3) is 0 Å². The highest BCUT2D eigenvalue weighted by molar-refractivity contribution is 5.93. The molecule has 84 valence electrons. The summed E-state index contributed by atoms with van der Waals surface area (Å²) in [7, 11) is 1.61. The van der Waals surface area contributed by atoms with Gasteiger partial charge in [-0.3, -0.25) is 4.79 Å². The average molecular weight is 218 g/mol. The van der Waals surface area contributed by atoms with Gasteiger partial charge in [0.2, 0.25) is 5.91 Å². The molecule has 0 aromatic heterocycles. The van der Waals surface area contributed by atoms with E-state index >= 15 is 0 Å². The molecule has 1 amide bonds. The summed E-state index contributed by atoms with van der Waals surface area (Å²) in [5, 5.41) is 11.1. The molecule has 1 aromatic carbocycles. The molecule has 0 spiro atoms. The van der Waals surface area contributed by atoms with E-state index in [1.165, 1.54) is 0 Å². The summed E-state index contributed by atoms with van der Waals surface area (Å²) < 4.78 is 5.17. The molecule has 1 aromatic rings. The molecule has 0 atom stereocenters. The van der Waals surface area contributed by atoms with E-state index in [0.717, 1.165) is 22.6 Å². The highest BCUT2D eigenvalue weighted by atomic mass is 16.5. The number of ether oxygens (including phenoxy) is 1. The SMILES string of the molecule is COc1ccc(NC(=O)CC#N)c(C)c1C. The topological polar surface area (TPSA) is 62.1 Å². The Labute approximate surface area is 94.8 Å². The van der Waals surface area contributed by atoms with Crippen molar-refractivity contribution in [3.63, 3.8) is 0 Å². The Bertz CT molecular complexity index is 447. The lowest BCUT2D eigenvalue weighted by molar-refractivity contribution is -0.115. The molecule has 0 aliphatic heterocycles. The number of nitriles is 1. The first-order valence-electron chi connectivity index (χ1n) is 4.91. The average Bonchev–Trinajstić information content (AvgIpc) is 2.25. The van der Waals surface area contributed by atoms with Crippen molar-refractivity contribution >= 4 is 11.6 Å². The molecular formula is C12H14N2O2. The van der Waals surface area contributed by atoms with Gasteiger partial charge in [-0.1, -0.05) is 0 Å². The molecule has 4 heteroatoms. The zero-order valence-corrected chi connectivity index (χ0v) is 9.63. The first-order chi connectivity index (χ1) is 7.60. The predicted octanol–water partition coefficient (Wildman–Crippen LogP) is 2.16. The van der Waals surface area contributed by atoms with E-state index in [2.05, 4.69) is 5.32 Å². The van der Waals surface area contributed by atoms with Crippen molar-refractivity contribution in [2.45, 2.75) is 20.3 Å². The lowest BCUT2D eigenvalue weighted by Gasteiger charge is -2.12. The minimum absolute atomic E-state index is 0.134. The van der Waals surface area contributed by atoms with Crippen LogP contribution in [-0.2, 0) is 4.79 Å². The largest absolute Gasteiger partial charge is 0.496 e. The van der Waals surface area contributed by atoms with Crippen LogP contribution < -0.4 is 10.1 Å². The second-order valence-corrected chi connectivity index (χ2v) is 3.45. The van der Waals surface area contributed by atoms with Crippen LogP contribution in [-0.4, -0.2) is 13.0 Å². The third-order valence-corrected chi connectivity index (χ3v) is 2.47. The number of nitrogens with one attached hydrogen (secondary N) is 1. The molecule has 0 unspecified atom stereocenters. The fourth-order valence-electron chi connectivity index (χ4n) is 1.42. The number of nitrogens with zero attached hydrogens (tertiary/aromatic N) is 1. The van der Waals surface area contributed by atoms with Crippen LogP contribution in [0.1, 0.15) is 17.5 Å². The van der Waals surface area contributed by atoms with Crippen molar-refractivity contribution in [3.05, 3.63) is 23.3 Å². The molecule has 0 fully saturated rings. The summed E-state index contributed by atoms with van der Waals surface area (Å²) in [6.07, 6.45) is -0.134. The second-order valence-electron chi connectivity index (χ2n) is 3.45. The van der Waals surface area contributed by atoms with Crippen LogP contribution in [0.3, 0.4) is 0 Å². The van der Waals surface area contributed by atoms with Crippen molar-refractivity contribution in [1.82, 2.24) is 0 Å². The number of carbonyl (C=O) groups excluding carboxylic acids is 1. The number of benzene rings is 1. The van der Waals surface area contributed by atoms with Crippen molar-refractivity contribution in [2.75, 3.05) is 12.4 Å². The number of anilines is 1. The van der Waals surface area contributed by atoms with Crippen molar-refractivity contribution in [1.29, 1.82) is 5.26 Å². The van der Waals surface area contributed by atoms with Gasteiger partial charge in [0, 0.05) is 5.69 Å². The van der Waals surface area contributed by atoms with Gasteiger partial charge >= 0.3 is 0 Å². The molecule has 0 saturated heterocycles. The molecule has 0 aliphatic rings. The second kappa shape index (κ2) is 5.17. The molecule has 0 bridgehead atoms. The van der Waals surface area contributed by atoms with E-state index in [4.69, 9.17) is 10.00 Å². The van der Waals surface area contributed by atoms with E-state index in [1.54, 1.807) is 19.2 Å². The highest BCUT2D eigenvalue weighted by Gasteiger charge is 2.08. The Morgan fingerprint density at radius 3 is 2.69 bits per heavy atom. The Balaban J connectivity index is 2.95. The quantitative estimate of drug-likeness (QED) is 0.845. The van der Waals surface area contributed by atoms with Crippen molar-refractivity contribution < 1.29 is 9.53 Å². The maximum absolute atomic E-state index is 11.3. The van der Waals surface area contributed by atoms with Crippen LogP contribution in [0.4, 0.5) is 5.69 Å². The van der Waals surface area contributed by atoms with E-state index in [1.807, 2.05) is 19.9 Å². The van der Waals surface area contributed by atoms with Gasteiger partial charge in [-0.2, -0.15) is 5.26 Å². The zero-order chi connectivity index (χ0) is 12.1. The van der Waals surface area contributed by atoms with Crippen LogP contribution >= 0.6 is 0 Å². The summed E-state index contributed by atoms with van der Waals surface area (Å²) in [6, 6.07) is 5.38. The van der Waals surface area contributed by atoms with E-state index in [9.17, 15) is 4.79 Å². The van der Waals surface area contributed by atoms with Crippen LogP contribution in [0.25, 0.3) is 0 Å². The molecular weight excluding hydrogens is 204 g/mol. The number of carbonyl (C=O) groups is 1. The lowest BCUT2D eigenvalue weighted by atomic mass is 10.1. The maximum atomic E-state index is 11.3. The van der Waals surface area contributed by atoms with Crippen molar-refractivity contribution in [3.8, 4) is 11.8 Å². The van der Waals surface area contributed by atoms with Gasteiger partial charge in [0.05, 0.1) is 13.2 Å². The van der Waals surface area contributed by atoms with Gasteiger partial charge in [-0.05, 0) is 37.1 Å². The molecule has 1 rings (SSSR count). The molecule has 0 radical (unpaired) electrons.